The Morgan fingerprint density at radius 1 is 1.67 bits per heavy atom. The van der Waals surface area contributed by atoms with E-state index in [0.29, 0.717) is 0 Å². The van der Waals surface area contributed by atoms with Crippen molar-refractivity contribution in [3.05, 3.63) is 0 Å². The average Bonchev–Trinajstić information content (AvgIpc) is 2.61. The maximum absolute atomic E-state index is 11.3. The van der Waals surface area contributed by atoms with E-state index in [4.69, 9.17) is 0 Å². The summed E-state index contributed by atoms with van der Waals surface area (Å²) < 4.78 is 0. The molecule has 2 fully saturated rings. The first-order chi connectivity index (χ1) is 5.75. The van der Waals surface area contributed by atoms with Gasteiger partial charge in [0.15, 0.2) is 0 Å². The van der Waals surface area contributed by atoms with E-state index in [0.717, 1.165) is 31.8 Å². The number of thioether (sulfide) groups is 1. The Balaban J connectivity index is 2.17. The summed E-state index contributed by atoms with van der Waals surface area (Å²) >= 11 is 1.93. The van der Waals surface area contributed by atoms with Crippen molar-refractivity contribution in [1.29, 1.82) is 0 Å². The van der Waals surface area contributed by atoms with Gasteiger partial charge in [0.25, 0.3) is 0 Å². The topological polar surface area (TPSA) is 32.3 Å². The first kappa shape index (κ1) is 8.38. The van der Waals surface area contributed by atoms with E-state index in [9.17, 15) is 4.79 Å². The number of nitrogens with one attached hydrogen (secondary N) is 1. The second-order valence-corrected chi connectivity index (χ2v) is 4.85. The molecule has 0 radical (unpaired) electrons. The van der Waals surface area contributed by atoms with Crippen LogP contribution in [0.4, 0.5) is 0 Å². The molecule has 2 aliphatic rings. The van der Waals surface area contributed by atoms with E-state index in [-0.39, 0.29) is 10.8 Å². The van der Waals surface area contributed by atoms with Gasteiger partial charge in [0.2, 0.25) is 5.91 Å². The van der Waals surface area contributed by atoms with Crippen LogP contribution in [0.3, 0.4) is 0 Å². The second-order valence-electron chi connectivity index (χ2n) is 3.39. The third kappa shape index (κ3) is 1.13. The number of amides is 1. The van der Waals surface area contributed by atoms with Crippen LogP contribution in [-0.2, 0) is 4.79 Å². The molecule has 0 aromatic carbocycles. The molecule has 68 valence electrons. The van der Waals surface area contributed by atoms with Crippen LogP contribution in [0.2, 0.25) is 0 Å². The Bertz CT molecular complexity index is 196. The highest BCUT2D eigenvalue weighted by atomic mass is 32.2. The molecule has 0 saturated carbocycles. The lowest BCUT2D eigenvalue weighted by Crippen LogP contribution is -2.46. The van der Waals surface area contributed by atoms with Crippen molar-refractivity contribution in [2.24, 2.45) is 0 Å². The number of carbonyl (C=O) groups is 1. The molecule has 4 heteroatoms. The van der Waals surface area contributed by atoms with Gasteiger partial charge in [-0.1, -0.05) is 0 Å². The zero-order valence-electron chi connectivity index (χ0n) is 7.30. The highest BCUT2D eigenvalue weighted by molar-refractivity contribution is 8.00. The SMILES string of the molecule is CC(=O)N1CCSC12CCNC2. The number of carbonyl (C=O) groups excluding carboxylic acids is 1. The van der Waals surface area contributed by atoms with Crippen LogP contribution in [-0.4, -0.2) is 41.1 Å². The summed E-state index contributed by atoms with van der Waals surface area (Å²) in [5, 5.41) is 3.33. The minimum Gasteiger partial charge on any atom is -0.326 e. The van der Waals surface area contributed by atoms with Crippen LogP contribution < -0.4 is 5.32 Å². The largest absolute Gasteiger partial charge is 0.326 e. The molecule has 1 N–H and O–H groups in total. The fraction of sp³-hybridized carbons (Fsp3) is 0.875. The van der Waals surface area contributed by atoms with Crippen molar-refractivity contribution in [2.45, 2.75) is 18.2 Å². The minimum absolute atomic E-state index is 0.117. The predicted molar refractivity (Wildman–Crippen MR) is 50.1 cm³/mol. The van der Waals surface area contributed by atoms with Crippen LogP contribution in [0.5, 0.6) is 0 Å². The van der Waals surface area contributed by atoms with Gasteiger partial charge in [-0.2, -0.15) is 0 Å². The summed E-state index contributed by atoms with van der Waals surface area (Å²) in [5.41, 5.74) is 0. The van der Waals surface area contributed by atoms with Gasteiger partial charge in [-0.25, -0.2) is 0 Å². The molecule has 0 aliphatic carbocycles. The zero-order valence-corrected chi connectivity index (χ0v) is 8.12. The van der Waals surface area contributed by atoms with Gasteiger partial charge in [-0.3, -0.25) is 4.79 Å². The maximum Gasteiger partial charge on any atom is 0.220 e. The van der Waals surface area contributed by atoms with Crippen LogP contribution in [0.15, 0.2) is 0 Å². The Morgan fingerprint density at radius 3 is 3.08 bits per heavy atom. The van der Waals surface area contributed by atoms with Gasteiger partial charge in [0, 0.05) is 25.8 Å². The molecule has 0 bridgehead atoms. The molecule has 1 spiro atoms. The van der Waals surface area contributed by atoms with Crippen molar-refractivity contribution in [2.75, 3.05) is 25.4 Å². The Labute approximate surface area is 76.9 Å². The van der Waals surface area contributed by atoms with Crippen LogP contribution >= 0.6 is 11.8 Å². The Hall–Kier alpha value is -0.220. The van der Waals surface area contributed by atoms with Gasteiger partial charge < -0.3 is 10.2 Å². The molecule has 1 atom stereocenters. The van der Waals surface area contributed by atoms with Crippen molar-refractivity contribution < 1.29 is 4.79 Å². The lowest BCUT2D eigenvalue weighted by atomic mass is 10.2. The molecule has 0 aromatic rings. The van der Waals surface area contributed by atoms with Crippen LogP contribution in [0.1, 0.15) is 13.3 Å². The molecule has 1 amide bonds. The van der Waals surface area contributed by atoms with Crippen molar-refractivity contribution in [3.63, 3.8) is 0 Å². The molecule has 2 rings (SSSR count). The van der Waals surface area contributed by atoms with E-state index in [2.05, 4.69) is 5.32 Å². The molecule has 1 unspecified atom stereocenters. The number of hydrogen-bond donors (Lipinski definition) is 1. The van der Waals surface area contributed by atoms with E-state index in [1.54, 1.807) is 6.92 Å². The van der Waals surface area contributed by atoms with Crippen molar-refractivity contribution in [3.8, 4) is 0 Å². The molecular weight excluding hydrogens is 172 g/mol. The van der Waals surface area contributed by atoms with E-state index < -0.39 is 0 Å². The fourth-order valence-corrected chi connectivity index (χ4v) is 3.54. The third-order valence-electron chi connectivity index (χ3n) is 2.65. The van der Waals surface area contributed by atoms with Crippen LogP contribution in [0.25, 0.3) is 0 Å². The maximum atomic E-state index is 11.3. The molecule has 0 aromatic heterocycles. The monoisotopic (exact) mass is 186 g/mol. The zero-order chi connectivity index (χ0) is 8.60. The highest BCUT2D eigenvalue weighted by Gasteiger charge is 2.45. The molecule has 2 saturated heterocycles. The van der Waals surface area contributed by atoms with Gasteiger partial charge in [0.05, 0.1) is 0 Å². The van der Waals surface area contributed by atoms with Gasteiger partial charge >= 0.3 is 0 Å². The normalized spacial score (nSPS) is 34.9. The van der Waals surface area contributed by atoms with Gasteiger partial charge in [0.1, 0.15) is 4.87 Å². The van der Waals surface area contributed by atoms with Crippen molar-refractivity contribution in [1.82, 2.24) is 10.2 Å². The quantitative estimate of drug-likeness (QED) is 0.589. The van der Waals surface area contributed by atoms with Crippen molar-refractivity contribution >= 4 is 17.7 Å². The van der Waals surface area contributed by atoms with E-state index in [1.165, 1.54) is 0 Å². The van der Waals surface area contributed by atoms with Gasteiger partial charge in [-0.05, 0) is 13.0 Å². The summed E-state index contributed by atoms with van der Waals surface area (Å²) in [6, 6.07) is 0. The standard InChI is InChI=1S/C8H14N2OS/c1-7(11)10-4-5-12-8(10)2-3-9-6-8/h9H,2-6H2,1H3. The molecule has 2 aliphatic heterocycles. The first-order valence-corrected chi connectivity index (χ1v) is 5.36. The average molecular weight is 186 g/mol. The summed E-state index contributed by atoms with van der Waals surface area (Å²) in [6.45, 7) is 4.63. The summed E-state index contributed by atoms with van der Waals surface area (Å²) in [5.74, 6) is 1.32. The molecular formula is C8H14N2OS. The second kappa shape index (κ2) is 2.92. The summed E-state index contributed by atoms with van der Waals surface area (Å²) in [6.07, 6.45) is 1.11. The summed E-state index contributed by atoms with van der Waals surface area (Å²) in [7, 11) is 0. The Kier molecular flexibility index (Phi) is 2.04. The van der Waals surface area contributed by atoms with Gasteiger partial charge in [-0.15, -0.1) is 11.8 Å². The third-order valence-corrected chi connectivity index (χ3v) is 4.14. The minimum atomic E-state index is 0.117. The molecule has 12 heavy (non-hydrogen) atoms. The highest BCUT2D eigenvalue weighted by Crippen LogP contribution is 2.40. The van der Waals surface area contributed by atoms with E-state index >= 15 is 0 Å². The fourth-order valence-electron chi connectivity index (χ4n) is 2.06. The predicted octanol–water partition coefficient (Wildman–Crippen LogP) is 0.271. The smallest absolute Gasteiger partial charge is 0.220 e. The molecule has 2 heterocycles. The number of nitrogens with zero attached hydrogens (tertiary/aromatic N) is 1. The van der Waals surface area contributed by atoms with Crippen LogP contribution in [0, 0.1) is 0 Å². The Morgan fingerprint density at radius 2 is 2.50 bits per heavy atom. The lowest BCUT2D eigenvalue weighted by Gasteiger charge is -2.32. The number of rotatable bonds is 0. The first-order valence-electron chi connectivity index (χ1n) is 4.37. The molecule has 3 nitrogen and oxygen atoms in total. The number of hydrogen-bond acceptors (Lipinski definition) is 3. The summed E-state index contributed by atoms with van der Waals surface area (Å²) in [4.78, 5) is 13.4. The van der Waals surface area contributed by atoms with E-state index in [1.807, 2.05) is 16.7 Å². The lowest BCUT2D eigenvalue weighted by molar-refractivity contribution is -0.130.